The lowest BCUT2D eigenvalue weighted by atomic mass is 9.86. The Morgan fingerprint density at radius 3 is 3.00 bits per heavy atom. The molecular weight excluding hydrogens is 292 g/mol. The molecule has 0 amide bonds. The molecule has 1 aliphatic heterocycles. The van der Waals surface area contributed by atoms with Gasteiger partial charge in [0.25, 0.3) is 0 Å². The van der Waals surface area contributed by atoms with Crippen LogP contribution in [-0.2, 0) is 0 Å². The average molecular weight is 311 g/mol. The first-order chi connectivity index (χ1) is 8.62. The van der Waals surface area contributed by atoms with E-state index >= 15 is 0 Å². The maximum absolute atomic E-state index is 10.3. The lowest BCUT2D eigenvalue weighted by molar-refractivity contribution is -0.0122. The molecule has 1 heterocycles. The largest absolute Gasteiger partial charge is 0.487 e. The van der Waals surface area contributed by atoms with Gasteiger partial charge >= 0.3 is 0 Å². The number of benzene rings is 1. The summed E-state index contributed by atoms with van der Waals surface area (Å²) in [6.07, 6.45) is 4.98. The van der Waals surface area contributed by atoms with E-state index in [-0.39, 0.29) is 11.7 Å². The predicted molar refractivity (Wildman–Crippen MR) is 74.7 cm³/mol. The second-order valence-electron chi connectivity index (χ2n) is 5.70. The number of fused-ring (bicyclic) bond motifs is 1. The zero-order chi connectivity index (χ0) is 12.8. The minimum absolute atomic E-state index is 0.117. The van der Waals surface area contributed by atoms with Crippen LogP contribution in [0.2, 0.25) is 0 Å². The highest BCUT2D eigenvalue weighted by molar-refractivity contribution is 9.10. The number of ether oxygens (including phenoxy) is 1. The van der Waals surface area contributed by atoms with Gasteiger partial charge in [0.1, 0.15) is 11.4 Å². The van der Waals surface area contributed by atoms with Crippen LogP contribution in [0.25, 0.3) is 0 Å². The molecule has 3 heteroatoms. The maximum atomic E-state index is 10.3. The van der Waals surface area contributed by atoms with Crippen molar-refractivity contribution >= 4 is 15.9 Å². The van der Waals surface area contributed by atoms with Crippen molar-refractivity contribution in [3.05, 3.63) is 28.2 Å². The third-order valence-electron chi connectivity index (χ3n) is 4.47. The molecule has 18 heavy (non-hydrogen) atoms. The Morgan fingerprint density at radius 1 is 1.44 bits per heavy atom. The van der Waals surface area contributed by atoms with Crippen LogP contribution in [0, 0.1) is 5.92 Å². The van der Waals surface area contributed by atoms with E-state index in [0.717, 1.165) is 41.0 Å². The van der Waals surface area contributed by atoms with Crippen molar-refractivity contribution in [1.82, 2.24) is 0 Å². The van der Waals surface area contributed by atoms with E-state index in [2.05, 4.69) is 22.9 Å². The van der Waals surface area contributed by atoms with E-state index in [9.17, 15) is 5.11 Å². The molecule has 1 aromatic carbocycles. The molecule has 0 saturated heterocycles. The molecule has 2 nitrogen and oxygen atoms in total. The predicted octanol–water partition coefficient (Wildman–Crippen LogP) is 4.21. The second kappa shape index (κ2) is 4.53. The minimum Gasteiger partial charge on any atom is -0.487 e. The summed E-state index contributed by atoms with van der Waals surface area (Å²) in [4.78, 5) is 0. The number of halogens is 1. The molecule has 0 bridgehead atoms. The third kappa shape index (κ3) is 2.08. The highest BCUT2D eigenvalue weighted by Crippen LogP contribution is 2.49. The van der Waals surface area contributed by atoms with Crippen LogP contribution in [0.4, 0.5) is 0 Å². The molecule has 1 N–H and O–H groups in total. The van der Waals surface area contributed by atoms with Gasteiger partial charge in [-0.05, 0) is 37.3 Å². The second-order valence-corrected chi connectivity index (χ2v) is 6.62. The molecule has 0 aromatic heterocycles. The summed E-state index contributed by atoms with van der Waals surface area (Å²) in [6.45, 7) is 2.24. The number of aliphatic hydroxyl groups is 1. The van der Waals surface area contributed by atoms with Crippen LogP contribution in [0.15, 0.2) is 22.7 Å². The van der Waals surface area contributed by atoms with E-state index in [1.54, 1.807) is 0 Å². The van der Waals surface area contributed by atoms with Crippen molar-refractivity contribution in [1.29, 1.82) is 0 Å². The Bertz CT molecular complexity index is 460. The van der Waals surface area contributed by atoms with Crippen LogP contribution < -0.4 is 4.74 Å². The van der Waals surface area contributed by atoms with E-state index in [1.807, 2.05) is 18.2 Å². The summed E-state index contributed by atoms with van der Waals surface area (Å²) in [5.74, 6) is 1.62. The van der Waals surface area contributed by atoms with Crippen molar-refractivity contribution in [3.63, 3.8) is 0 Å². The van der Waals surface area contributed by atoms with Gasteiger partial charge in [0.05, 0.1) is 6.10 Å². The monoisotopic (exact) mass is 310 g/mol. The average Bonchev–Trinajstić information content (AvgIpc) is 2.71. The smallest absolute Gasteiger partial charge is 0.127 e. The van der Waals surface area contributed by atoms with Crippen LogP contribution in [-0.4, -0.2) is 10.7 Å². The van der Waals surface area contributed by atoms with Crippen molar-refractivity contribution in [2.24, 2.45) is 5.92 Å². The van der Waals surface area contributed by atoms with Gasteiger partial charge in [-0.2, -0.15) is 0 Å². The summed E-state index contributed by atoms with van der Waals surface area (Å²) >= 11 is 3.47. The highest BCUT2D eigenvalue weighted by atomic mass is 79.9. The summed E-state index contributed by atoms with van der Waals surface area (Å²) in [5, 5.41) is 10.3. The summed E-state index contributed by atoms with van der Waals surface area (Å²) in [7, 11) is 0. The van der Waals surface area contributed by atoms with Gasteiger partial charge in [-0.15, -0.1) is 0 Å². The highest BCUT2D eigenvalue weighted by Gasteiger charge is 2.45. The van der Waals surface area contributed by atoms with Gasteiger partial charge in [-0.25, -0.2) is 0 Å². The number of hydrogen-bond donors (Lipinski definition) is 1. The molecule has 3 atom stereocenters. The summed E-state index contributed by atoms with van der Waals surface area (Å²) < 4.78 is 7.28. The number of aliphatic hydroxyl groups excluding tert-OH is 1. The van der Waals surface area contributed by atoms with Gasteiger partial charge in [-0.1, -0.05) is 35.3 Å². The number of rotatable bonds is 1. The molecule has 1 fully saturated rings. The van der Waals surface area contributed by atoms with Crippen LogP contribution in [0.3, 0.4) is 0 Å². The maximum Gasteiger partial charge on any atom is 0.127 e. The molecule has 1 spiro atoms. The molecule has 1 aromatic rings. The zero-order valence-electron chi connectivity index (χ0n) is 10.7. The topological polar surface area (TPSA) is 29.5 Å². The molecule has 2 aliphatic rings. The van der Waals surface area contributed by atoms with Crippen molar-refractivity contribution in [2.45, 2.75) is 50.7 Å². The first-order valence-corrected chi connectivity index (χ1v) is 7.58. The van der Waals surface area contributed by atoms with E-state index in [0.29, 0.717) is 0 Å². The normalized spacial score (nSPS) is 34.4. The molecule has 0 radical (unpaired) electrons. The van der Waals surface area contributed by atoms with Gasteiger partial charge in [0, 0.05) is 16.5 Å². The summed E-state index contributed by atoms with van der Waals surface area (Å²) in [6, 6.07) is 5.91. The van der Waals surface area contributed by atoms with E-state index in [1.165, 1.54) is 12.8 Å². The molecule has 98 valence electrons. The Balaban J connectivity index is 1.91. The Morgan fingerprint density at radius 2 is 2.28 bits per heavy atom. The Hall–Kier alpha value is -0.540. The fraction of sp³-hybridized carbons (Fsp3) is 0.600. The van der Waals surface area contributed by atoms with Gasteiger partial charge in [0.2, 0.25) is 0 Å². The third-order valence-corrected chi connectivity index (χ3v) is 4.97. The number of hydrogen-bond acceptors (Lipinski definition) is 2. The van der Waals surface area contributed by atoms with Crippen LogP contribution in [0.5, 0.6) is 5.75 Å². The van der Waals surface area contributed by atoms with Gasteiger partial charge < -0.3 is 9.84 Å². The Kier molecular flexibility index (Phi) is 3.15. The molecular formula is C15H19BrO2. The Labute approximate surface area is 116 Å². The molecule has 3 unspecified atom stereocenters. The lowest BCUT2D eigenvalue weighted by Crippen LogP contribution is -2.38. The minimum atomic E-state index is -0.377. The standard InChI is InChI=1S/C15H19BrO2/c1-2-10-5-6-15(8-10)9-13(17)12-4-3-11(16)7-14(12)18-15/h3-4,7,10,13,17H,2,5-6,8-9H2,1H3. The van der Waals surface area contributed by atoms with Crippen LogP contribution >= 0.6 is 15.9 Å². The molecule has 3 rings (SSSR count). The fourth-order valence-corrected chi connectivity index (χ4v) is 3.77. The van der Waals surface area contributed by atoms with Gasteiger partial charge in [0.15, 0.2) is 0 Å². The quantitative estimate of drug-likeness (QED) is 0.841. The van der Waals surface area contributed by atoms with Crippen molar-refractivity contribution in [3.8, 4) is 5.75 Å². The lowest BCUT2D eigenvalue weighted by Gasteiger charge is -2.38. The van der Waals surface area contributed by atoms with E-state index < -0.39 is 0 Å². The van der Waals surface area contributed by atoms with Gasteiger partial charge in [-0.3, -0.25) is 0 Å². The molecule has 1 saturated carbocycles. The first kappa shape index (κ1) is 12.5. The SMILES string of the molecule is CCC1CCC2(C1)CC(O)c1ccc(Br)cc1O2. The first-order valence-electron chi connectivity index (χ1n) is 6.78. The zero-order valence-corrected chi connectivity index (χ0v) is 12.2. The van der Waals surface area contributed by atoms with Crippen molar-refractivity contribution in [2.75, 3.05) is 0 Å². The fourth-order valence-electron chi connectivity index (χ4n) is 3.43. The van der Waals surface area contributed by atoms with E-state index in [4.69, 9.17) is 4.74 Å². The molecule has 1 aliphatic carbocycles. The van der Waals surface area contributed by atoms with Crippen LogP contribution in [0.1, 0.15) is 50.7 Å². The summed E-state index contributed by atoms with van der Waals surface area (Å²) in [5.41, 5.74) is 0.817. The van der Waals surface area contributed by atoms with Crippen molar-refractivity contribution < 1.29 is 9.84 Å².